The fraction of sp³-hybridized carbons (Fsp3) is 0.500. The van der Waals surface area contributed by atoms with Gasteiger partial charge < -0.3 is 14.8 Å². The summed E-state index contributed by atoms with van der Waals surface area (Å²) in [6.45, 7) is 2.72. The molecule has 4 heteroatoms. The molecule has 0 spiro atoms. The topological polar surface area (TPSA) is 47.6 Å². The van der Waals surface area contributed by atoms with Crippen LogP contribution in [0.5, 0.6) is 0 Å². The predicted octanol–water partition coefficient (Wildman–Crippen LogP) is 1.06. The summed E-state index contributed by atoms with van der Waals surface area (Å²) in [5.74, 6) is 1.63. The number of ether oxygens (including phenoxy) is 2. The van der Waals surface area contributed by atoms with Gasteiger partial charge in [0.1, 0.15) is 19.0 Å². The van der Waals surface area contributed by atoms with Crippen LogP contribution >= 0.6 is 0 Å². The summed E-state index contributed by atoms with van der Waals surface area (Å²) in [5.41, 5.74) is 0.904. The van der Waals surface area contributed by atoms with E-state index in [0.29, 0.717) is 13.2 Å². The first-order valence-corrected chi connectivity index (χ1v) is 4.72. The van der Waals surface area contributed by atoms with E-state index in [4.69, 9.17) is 9.47 Å². The van der Waals surface area contributed by atoms with Crippen LogP contribution in [0.3, 0.4) is 0 Å². The minimum absolute atomic E-state index is 0.0444. The van der Waals surface area contributed by atoms with E-state index in [9.17, 15) is 4.79 Å². The summed E-state index contributed by atoms with van der Waals surface area (Å²) in [4.78, 5) is 10.8. The molecule has 0 unspecified atom stereocenters. The molecule has 1 aliphatic heterocycles. The maximum atomic E-state index is 10.8. The fourth-order valence-electron chi connectivity index (χ4n) is 1.59. The lowest BCUT2D eigenvalue weighted by Gasteiger charge is -2.24. The van der Waals surface area contributed by atoms with Crippen LogP contribution in [0.25, 0.3) is 0 Å². The average molecular weight is 195 g/mol. The zero-order chi connectivity index (χ0) is 9.97. The molecule has 0 aromatic rings. The summed E-state index contributed by atoms with van der Waals surface area (Å²) in [6, 6.07) is 0. The number of nitrogens with one attached hydrogen (secondary N) is 1. The lowest BCUT2D eigenvalue weighted by atomic mass is 10.1. The van der Waals surface area contributed by atoms with Crippen molar-refractivity contribution in [2.45, 2.75) is 19.8 Å². The maximum absolute atomic E-state index is 10.8. The number of carbonyl (C=O) groups is 1. The molecule has 0 radical (unpaired) electrons. The van der Waals surface area contributed by atoms with Crippen LogP contribution in [0.2, 0.25) is 0 Å². The second kappa shape index (κ2) is 3.74. The number of carbonyl (C=O) groups excluding carboxylic acids is 1. The standard InChI is InChI=1S/C10H13NO3/c1-7(12)11-8-2-3-9-10(6-8)14-5-4-13-9/h6H,2-5H2,1H3,(H,11,12). The summed E-state index contributed by atoms with van der Waals surface area (Å²) in [7, 11) is 0. The molecule has 76 valence electrons. The van der Waals surface area contributed by atoms with Crippen LogP contribution in [0.4, 0.5) is 0 Å². The minimum Gasteiger partial charge on any atom is -0.491 e. The van der Waals surface area contributed by atoms with Crippen molar-refractivity contribution in [3.8, 4) is 0 Å². The molecule has 0 atom stereocenters. The zero-order valence-electron chi connectivity index (χ0n) is 8.13. The van der Waals surface area contributed by atoms with Crippen molar-refractivity contribution in [2.24, 2.45) is 0 Å². The molecule has 0 aromatic heterocycles. The molecule has 1 heterocycles. The van der Waals surface area contributed by atoms with Crippen molar-refractivity contribution in [1.29, 1.82) is 0 Å². The third-order valence-corrected chi connectivity index (χ3v) is 2.16. The first-order valence-electron chi connectivity index (χ1n) is 4.72. The van der Waals surface area contributed by atoms with E-state index in [1.54, 1.807) is 0 Å². The molecule has 0 bridgehead atoms. The van der Waals surface area contributed by atoms with Crippen LogP contribution in [-0.2, 0) is 14.3 Å². The molecule has 1 aliphatic carbocycles. The van der Waals surface area contributed by atoms with Gasteiger partial charge in [-0.25, -0.2) is 0 Å². The number of hydrogen-bond acceptors (Lipinski definition) is 3. The molecule has 14 heavy (non-hydrogen) atoms. The van der Waals surface area contributed by atoms with Crippen LogP contribution in [0, 0.1) is 0 Å². The van der Waals surface area contributed by atoms with Crippen LogP contribution in [-0.4, -0.2) is 19.1 Å². The highest BCUT2D eigenvalue weighted by Crippen LogP contribution is 2.26. The molecule has 0 fully saturated rings. The Morgan fingerprint density at radius 2 is 2.14 bits per heavy atom. The highest BCUT2D eigenvalue weighted by atomic mass is 16.6. The minimum atomic E-state index is -0.0444. The molecule has 0 saturated carbocycles. The van der Waals surface area contributed by atoms with Gasteiger partial charge in [-0.05, 0) is 6.42 Å². The van der Waals surface area contributed by atoms with Gasteiger partial charge in [0.15, 0.2) is 5.76 Å². The smallest absolute Gasteiger partial charge is 0.220 e. The third-order valence-electron chi connectivity index (χ3n) is 2.16. The molecule has 1 N–H and O–H groups in total. The Kier molecular flexibility index (Phi) is 2.43. The van der Waals surface area contributed by atoms with Crippen molar-refractivity contribution in [3.63, 3.8) is 0 Å². The van der Waals surface area contributed by atoms with Gasteiger partial charge in [-0.3, -0.25) is 4.79 Å². The monoisotopic (exact) mass is 195 g/mol. The quantitative estimate of drug-likeness (QED) is 0.680. The van der Waals surface area contributed by atoms with Gasteiger partial charge in [0.25, 0.3) is 0 Å². The number of amides is 1. The van der Waals surface area contributed by atoms with Gasteiger partial charge >= 0.3 is 0 Å². The average Bonchev–Trinajstić information content (AvgIpc) is 2.17. The highest BCUT2D eigenvalue weighted by molar-refractivity contribution is 5.75. The van der Waals surface area contributed by atoms with Crippen LogP contribution in [0.15, 0.2) is 23.3 Å². The summed E-state index contributed by atoms with van der Waals surface area (Å²) in [5, 5.41) is 2.77. The lowest BCUT2D eigenvalue weighted by Crippen LogP contribution is -2.23. The highest BCUT2D eigenvalue weighted by Gasteiger charge is 2.19. The molecule has 2 rings (SSSR count). The van der Waals surface area contributed by atoms with Gasteiger partial charge in [0.05, 0.1) is 0 Å². The first kappa shape index (κ1) is 9.12. The molecule has 0 saturated heterocycles. The van der Waals surface area contributed by atoms with Gasteiger partial charge in [-0.15, -0.1) is 0 Å². The van der Waals surface area contributed by atoms with Gasteiger partial charge in [0.2, 0.25) is 5.91 Å². The SMILES string of the molecule is CC(=O)NC1=CC2=C(CC1)OCCO2. The van der Waals surface area contributed by atoms with Crippen molar-refractivity contribution in [1.82, 2.24) is 5.32 Å². The second-order valence-corrected chi connectivity index (χ2v) is 3.34. The van der Waals surface area contributed by atoms with E-state index in [-0.39, 0.29) is 5.91 Å². The Morgan fingerprint density at radius 3 is 2.93 bits per heavy atom. The van der Waals surface area contributed by atoms with Crippen LogP contribution in [0.1, 0.15) is 19.8 Å². The Hall–Kier alpha value is -1.45. The molecule has 4 nitrogen and oxygen atoms in total. The van der Waals surface area contributed by atoms with E-state index >= 15 is 0 Å². The summed E-state index contributed by atoms with van der Waals surface area (Å²) < 4.78 is 10.9. The van der Waals surface area contributed by atoms with Crippen molar-refractivity contribution >= 4 is 5.91 Å². The molecular weight excluding hydrogens is 182 g/mol. The zero-order valence-corrected chi connectivity index (χ0v) is 8.13. The number of rotatable bonds is 1. The summed E-state index contributed by atoms with van der Waals surface area (Å²) >= 11 is 0. The Morgan fingerprint density at radius 1 is 1.36 bits per heavy atom. The van der Waals surface area contributed by atoms with Crippen LogP contribution < -0.4 is 5.32 Å². The third kappa shape index (κ3) is 1.89. The van der Waals surface area contributed by atoms with Gasteiger partial charge in [-0.2, -0.15) is 0 Å². The maximum Gasteiger partial charge on any atom is 0.220 e. The van der Waals surface area contributed by atoms with E-state index in [1.807, 2.05) is 6.08 Å². The molecule has 0 aromatic carbocycles. The largest absolute Gasteiger partial charge is 0.491 e. The van der Waals surface area contributed by atoms with E-state index in [0.717, 1.165) is 30.1 Å². The molecule has 1 amide bonds. The number of allylic oxidation sites excluding steroid dienone is 3. The Balaban J connectivity index is 2.12. The fourth-order valence-corrected chi connectivity index (χ4v) is 1.59. The van der Waals surface area contributed by atoms with Crippen molar-refractivity contribution in [2.75, 3.05) is 13.2 Å². The normalized spacial score (nSPS) is 20.2. The second-order valence-electron chi connectivity index (χ2n) is 3.34. The molecule has 2 aliphatic rings. The Bertz CT molecular complexity index is 317. The summed E-state index contributed by atoms with van der Waals surface area (Å²) in [6.07, 6.45) is 3.46. The lowest BCUT2D eigenvalue weighted by molar-refractivity contribution is -0.118. The van der Waals surface area contributed by atoms with Crippen molar-refractivity contribution < 1.29 is 14.3 Å². The Labute approximate surface area is 82.6 Å². The molecular formula is C10H13NO3. The van der Waals surface area contributed by atoms with E-state index in [2.05, 4.69) is 5.32 Å². The number of hydrogen-bond donors (Lipinski definition) is 1. The van der Waals surface area contributed by atoms with Crippen molar-refractivity contribution in [3.05, 3.63) is 23.3 Å². The van der Waals surface area contributed by atoms with E-state index in [1.165, 1.54) is 6.92 Å². The predicted molar refractivity (Wildman–Crippen MR) is 50.1 cm³/mol. The van der Waals surface area contributed by atoms with Gasteiger partial charge in [0, 0.05) is 25.1 Å². The first-order chi connectivity index (χ1) is 6.75. The van der Waals surface area contributed by atoms with Gasteiger partial charge in [-0.1, -0.05) is 0 Å². The van der Waals surface area contributed by atoms with E-state index < -0.39 is 0 Å².